The van der Waals surface area contributed by atoms with Crippen molar-refractivity contribution >= 4 is 17.3 Å². The van der Waals surface area contributed by atoms with E-state index in [0.29, 0.717) is 60.5 Å². The van der Waals surface area contributed by atoms with Gasteiger partial charge < -0.3 is 19.4 Å². The third kappa shape index (κ3) is 4.38. The number of morpholine rings is 1. The van der Waals surface area contributed by atoms with Gasteiger partial charge in [0.1, 0.15) is 17.3 Å². The number of furan rings is 1. The van der Waals surface area contributed by atoms with Gasteiger partial charge in [-0.25, -0.2) is 9.07 Å². The van der Waals surface area contributed by atoms with E-state index >= 15 is 0 Å². The van der Waals surface area contributed by atoms with Gasteiger partial charge in [0.2, 0.25) is 0 Å². The van der Waals surface area contributed by atoms with Crippen molar-refractivity contribution in [3.05, 3.63) is 84.0 Å². The van der Waals surface area contributed by atoms with Crippen LogP contribution in [0.4, 0.5) is 15.8 Å². The number of amides is 1. The second-order valence-corrected chi connectivity index (χ2v) is 7.80. The van der Waals surface area contributed by atoms with Crippen molar-refractivity contribution in [1.82, 2.24) is 9.78 Å². The Hall–Kier alpha value is -3.91. The number of anilines is 2. The van der Waals surface area contributed by atoms with Gasteiger partial charge in [0.15, 0.2) is 5.76 Å². The van der Waals surface area contributed by atoms with Gasteiger partial charge in [-0.1, -0.05) is 18.2 Å². The molecule has 0 saturated carbocycles. The zero-order valence-corrected chi connectivity index (χ0v) is 18.1. The Kier molecular flexibility index (Phi) is 5.66. The van der Waals surface area contributed by atoms with Gasteiger partial charge in [-0.3, -0.25) is 4.79 Å². The van der Waals surface area contributed by atoms with Crippen molar-refractivity contribution < 1.29 is 18.3 Å². The molecule has 3 heterocycles. The summed E-state index contributed by atoms with van der Waals surface area (Å²) in [6, 6.07) is 17.8. The minimum absolute atomic E-state index is 0.325. The average Bonchev–Trinajstić information content (AvgIpc) is 3.47. The summed E-state index contributed by atoms with van der Waals surface area (Å²) < 4.78 is 27.5. The molecule has 1 N–H and O–H groups in total. The van der Waals surface area contributed by atoms with Crippen LogP contribution >= 0.6 is 0 Å². The minimum atomic E-state index is -0.403. The molecule has 1 amide bonds. The average molecular weight is 446 g/mol. The van der Waals surface area contributed by atoms with Crippen LogP contribution in [-0.2, 0) is 4.74 Å². The first-order valence-electron chi connectivity index (χ1n) is 10.7. The molecular weight excluding hydrogens is 423 g/mol. The van der Waals surface area contributed by atoms with Crippen LogP contribution in [0.25, 0.3) is 17.1 Å². The lowest BCUT2D eigenvalue weighted by atomic mass is 10.2. The first-order valence-corrected chi connectivity index (χ1v) is 10.7. The lowest BCUT2D eigenvalue weighted by Gasteiger charge is -2.29. The maximum absolute atomic E-state index is 14.8. The SMILES string of the molecule is Cc1ccc(-c2nn(-c3ccccc3)cc2C(=O)Nc2ccc(N3CCOCC3)c(F)c2)o1. The summed E-state index contributed by atoms with van der Waals surface area (Å²) >= 11 is 0. The largest absolute Gasteiger partial charge is 0.460 e. The normalized spacial score (nSPS) is 13.8. The zero-order valence-electron chi connectivity index (χ0n) is 18.1. The van der Waals surface area contributed by atoms with E-state index in [9.17, 15) is 9.18 Å². The van der Waals surface area contributed by atoms with Crippen molar-refractivity contribution in [3.63, 3.8) is 0 Å². The van der Waals surface area contributed by atoms with E-state index in [0.717, 1.165) is 5.69 Å². The maximum Gasteiger partial charge on any atom is 0.259 e. The van der Waals surface area contributed by atoms with Crippen LogP contribution in [0.3, 0.4) is 0 Å². The van der Waals surface area contributed by atoms with E-state index < -0.39 is 11.7 Å². The minimum Gasteiger partial charge on any atom is -0.460 e. The summed E-state index contributed by atoms with van der Waals surface area (Å²) in [4.78, 5) is 15.1. The van der Waals surface area contributed by atoms with Crippen molar-refractivity contribution in [2.45, 2.75) is 6.92 Å². The first-order chi connectivity index (χ1) is 16.1. The van der Waals surface area contributed by atoms with Crippen LogP contribution in [0.1, 0.15) is 16.1 Å². The van der Waals surface area contributed by atoms with Gasteiger partial charge in [0, 0.05) is 25.0 Å². The molecule has 0 spiro atoms. The summed E-state index contributed by atoms with van der Waals surface area (Å²) in [5.41, 5.74) is 2.41. The van der Waals surface area contributed by atoms with Crippen molar-refractivity contribution in [1.29, 1.82) is 0 Å². The fourth-order valence-corrected chi connectivity index (χ4v) is 3.84. The molecule has 2 aromatic heterocycles. The molecule has 1 fully saturated rings. The molecule has 2 aromatic carbocycles. The fraction of sp³-hybridized carbons (Fsp3) is 0.200. The number of aromatic nitrogens is 2. The highest BCUT2D eigenvalue weighted by Crippen LogP contribution is 2.28. The number of nitrogens with one attached hydrogen (secondary N) is 1. The Morgan fingerprint density at radius 1 is 1.06 bits per heavy atom. The Labute approximate surface area is 190 Å². The second-order valence-electron chi connectivity index (χ2n) is 7.80. The molecule has 1 aliphatic rings. The highest BCUT2D eigenvalue weighted by molar-refractivity contribution is 6.07. The Balaban J connectivity index is 1.44. The highest BCUT2D eigenvalue weighted by Gasteiger charge is 2.22. The van der Waals surface area contributed by atoms with Crippen molar-refractivity contribution in [3.8, 4) is 17.1 Å². The van der Waals surface area contributed by atoms with Crippen molar-refractivity contribution in [2.75, 3.05) is 36.5 Å². The number of carbonyl (C=O) groups excluding carboxylic acids is 1. The molecule has 0 aliphatic carbocycles. The predicted octanol–water partition coefficient (Wildman–Crippen LogP) is 4.67. The zero-order chi connectivity index (χ0) is 22.8. The highest BCUT2D eigenvalue weighted by atomic mass is 19.1. The van der Waals surface area contributed by atoms with Crippen LogP contribution in [0.15, 0.2) is 71.3 Å². The van der Waals surface area contributed by atoms with E-state index in [2.05, 4.69) is 10.4 Å². The molecule has 0 unspecified atom stereocenters. The van der Waals surface area contributed by atoms with Crippen LogP contribution < -0.4 is 10.2 Å². The third-order valence-corrected chi connectivity index (χ3v) is 5.51. The summed E-state index contributed by atoms with van der Waals surface area (Å²) in [5, 5.41) is 7.38. The summed E-state index contributed by atoms with van der Waals surface area (Å²) in [6.07, 6.45) is 1.65. The Morgan fingerprint density at radius 3 is 2.55 bits per heavy atom. The molecule has 4 aromatic rings. The number of aryl methyl sites for hydroxylation is 1. The Bertz CT molecular complexity index is 1280. The number of carbonyl (C=O) groups is 1. The van der Waals surface area contributed by atoms with E-state index in [4.69, 9.17) is 9.15 Å². The monoisotopic (exact) mass is 446 g/mol. The molecule has 168 valence electrons. The molecule has 0 atom stereocenters. The molecule has 7 nitrogen and oxygen atoms in total. The second kappa shape index (κ2) is 8.91. The fourth-order valence-electron chi connectivity index (χ4n) is 3.84. The quantitative estimate of drug-likeness (QED) is 0.482. The maximum atomic E-state index is 14.8. The predicted molar refractivity (Wildman–Crippen MR) is 123 cm³/mol. The van der Waals surface area contributed by atoms with Gasteiger partial charge in [-0.05, 0) is 49.4 Å². The van der Waals surface area contributed by atoms with Crippen LogP contribution in [0.2, 0.25) is 0 Å². The number of nitrogens with zero attached hydrogens (tertiary/aromatic N) is 3. The van der Waals surface area contributed by atoms with Gasteiger partial charge >= 0.3 is 0 Å². The molecule has 1 aliphatic heterocycles. The standard InChI is InChI=1S/C25H23FN4O3/c1-17-7-10-23(33-17)24-20(16-30(28-24)19-5-3-2-4-6-19)25(31)27-18-8-9-22(21(26)15-18)29-11-13-32-14-12-29/h2-10,15-16H,11-14H2,1H3,(H,27,31). The van der Waals surface area contributed by atoms with Gasteiger partial charge in [0.25, 0.3) is 5.91 Å². The lowest BCUT2D eigenvalue weighted by molar-refractivity contribution is 0.102. The van der Waals surface area contributed by atoms with Crippen LogP contribution in [0, 0.1) is 12.7 Å². The number of ether oxygens (including phenoxy) is 1. The number of benzene rings is 2. The molecule has 1 saturated heterocycles. The number of hydrogen-bond acceptors (Lipinski definition) is 5. The van der Waals surface area contributed by atoms with Gasteiger partial charge in [-0.15, -0.1) is 0 Å². The van der Waals surface area contributed by atoms with E-state index in [-0.39, 0.29) is 0 Å². The smallest absolute Gasteiger partial charge is 0.259 e. The molecular formula is C25H23FN4O3. The molecule has 33 heavy (non-hydrogen) atoms. The number of hydrogen-bond donors (Lipinski definition) is 1. The van der Waals surface area contributed by atoms with Gasteiger partial charge in [0.05, 0.1) is 30.2 Å². The van der Waals surface area contributed by atoms with E-state index in [1.165, 1.54) is 6.07 Å². The topological polar surface area (TPSA) is 72.5 Å². The lowest BCUT2D eigenvalue weighted by Crippen LogP contribution is -2.36. The van der Waals surface area contributed by atoms with E-state index in [1.807, 2.05) is 48.2 Å². The first kappa shape index (κ1) is 21.0. The van der Waals surface area contributed by atoms with Crippen molar-refractivity contribution in [2.24, 2.45) is 0 Å². The number of para-hydroxylation sites is 1. The van der Waals surface area contributed by atoms with Crippen LogP contribution in [0.5, 0.6) is 0 Å². The molecule has 0 bridgehead atoms. The van der Waals surface area contributed by atoms with E-state index in [1.54, 1.807) is 29.1 Å². The Morgan fingerprint density at radius 2 is 1.85 bits per heavy atom. The summed E-state index contributed by atoms with van der Waals surface area (Å²) in [5.74, 6) is 0.406. The molecule has 5 rings (SSSR count). The van der Waals surface area contributed by atoms with Crippen LogP contribution in [-0.4, -0.2) is 42.0 Å². The molecule has 0 radical (unpaired) electrons. The summed E-state index contributed by atoms with van der Waals surface area (Å²) in [7, 11) is 0. The molecule has 8 heteroatoms. The van der Waals surface area contributed by atoms with Gasteiger partial charge in [-0.2, -0.15) is 5.10 Å². The number of halogens is 1. The summed E-state index contributed by atoms with van der Waals surface area (Å²) in [6.45, 7) is 4.23. The number of rotatable bonds is 5. The third-order valence-electron chi connectivity index (χ3n) is 5.51.